The Bertz CT molecular complexity index is 271. The molecule has 54 valence electrons. The third-order valence-corrected chi connectivity index (χ3v) is 2.07. The van der Waals surface area contributed by atoms with Gasteiger partial charge in [-0.25, -0.2) is 9.78 Å². The second-order valence-corrected chi connectivity index (χ2v) is 3.47. The van der Waals surface area contributed by atoms with Crippen LogP contribution in [0.2, 0.25) is 4.34 Å². The van der Waals surface area contributed by atoms with Crippen molar-refractivity contribution in [1.29, 1.82) is 0 Å². The van der Waals surface area contributed by atoms with Gasteiger partial charge in [-0.1, -0.05) is 11.6 Å². The van der Waals surface area contributed by atoms with Gasteiger partial charge in [0.15, 0.2) is 5.69 Å². The maximum atomic E-state index is 10.3. The normalized spacial score (nSPS) is 9.80. The molecule has 0 bridgehead atoms. The van der Waals surface area contributed by atoms with Gasteiger partial charge in [0.25, 0.3) is 0 Å². The van der Waals surface area contributed by atoms with E-state index < -0.39 is 5.97 Å². The molecule has 1 heterocycles. The number of aromatic nitrogens is 1. The van der Waals surface area contributed by atoms with Gasteiger partial charge in [-0.15, -0.1) is 11.3 Å². The lowest BCUT2D eigenvalue weighted by molar-refractivity contribution is 0.0691. The minimum Gasteiger partial charge on any atom is -0.476 e. The maximum absolute atomic E-state index is 10.3. The Kier molecular flexibility index (Phi) is 1.92. The van der Waals surface area contributed by atoms with E-state index in [1.165, 1.54) is 11.3 Å². The Morgan fingerprint density at radius 1 is 1.80 bits per heavy atom. The standard InChI is InChI=1S/C5H4ClNO2S/c1-2-7-3(5(8)9)4(6)10-2/h1H3,(H,8,9). The molecule has 10 heavy (non-hydrogen) atoms. The highest BCUT2D eigenvalue weighted by molar-refractivity contribution is 7.16. The SMILES string of the molecule is Cc1nc(C(=O)O)c(Cl)s1. The van der Waals surface area contributed by atoms with Gasteiger partial charge in [0.05, 0.1) is 5.01 Å². The van der Waals surface area contributed by atoms with E-state index in [2.05, 4.69) is 4.98 Å². The van der Waals surface area contributed by atoms with Crippen molar-refractivity contribution in [2.45, 2.75) is 6.92 Å². The predicted molar refractivity (Wildman–Crippen MR) is 38.8 cm³/mol. The van der Waals surface area contributed by atoms with Crippen molar-refractivity contribution >= 4 is 28.9 Å². The number of carboxylic acids is 1. The monoisotopic (exact) mass is 177 g/mol. The summed E-state index contributed by atoms with van der Waals surface area (Å²) in [4.78, 5) is 14.0. The van der Waals surface area contributed by atoms with Gasteiger partial charge in [0.1, 0.15) is 4.34 Å². The quantitative estimate of drug-likeness (QED) is 0.712. The topological polar surface area (TPSA) is 50.2 Å². The number of aryl methyl sites for hydroxylation is 1. The number of rotatable bonds is 1. The van der Waals surface area contributed by atoms with Crippen LogP contribution in [0, 0.1) is 6.92 Å². The molecule has 1 rings (SSSR count). The number of nitrogens with zero attached hydrogens (tertiary/aromatic N) is 1. The summed E-state index contributed by atoms with van der Waals surface area (Å²) in [5.74, 6) is -1.07. The molecule has 0 saturated heterocycles. The molecule has 1 aromatic heterocycles. The van der Waals surface area contributed by atoms with Crippen molar-refractivity contribution in [2.24, 2.45) is 0 Å². The van der Waals surface area contributed by atoms with E-state index in [1.807, 2.05) is 0 Å². The summed E-state index contributed by atoms with van der Waals surface area (Å²) in [5.41, 5.74) is -0.0517. The van der Waals surface area contributed by atoms with Gasteiger partial charge in [0, 0.05) is 0 Å². The smallest absolute Gasteiger partial charge is 0.356 e. The highest BCUT2D eigenvalue weighted by Gasteiger charge is 2.12. The fourth-order valence-corrected chi connectivity index (χ4v) is 1.62. The molecule has 3 nitrogen and oxygen atoms in total. The average molecular weight is 178 g/mol. The van der Waals surface area contributed by atoms with E-state index in [0.717, 1.165) is 0 Å². The van der Waals surface area contributed by atoms with E-state index in [4.69, 9.17) is 16.7 Å². The second-order valence-electron chi connectivity index (χ2n) is 1.66. The van der Waals surface area contributed by atoms with Crippen LogP contribution < -0.4 is 0 Å². The lowest BCUT2D eigenvalue weighted by Gasteiger charge is -1.82. The number of carbonyl (C=O) groups is 1. The molecular formula is C5H4ClNO2S. The van der Waals surface area contributed by atoms with Crippen molar-refractivity contribution in [3.63, 3.8) is 0 Å². The second kappa shape index (κ2) is 2.56. The Morgan fingerprint density at radius 3 is 2.60 bits per heavy atom. The zero-order valence-corrected chi connectivity index (χ0v) is 6.66. The molecule has 0 unspecified atom stereocenters. The van der Waals surface area contributed by atoms with Crippen LogP contribution in [0.15, 0.2) is 0 Å². The molecule has 1 N–H and O–H groups in total. The number of carboxylic acid groups (broad SMARTS) is 1. The molecule has 0 aromatic carbocycles. The van der Waals surface area contributed by atoms with Crippen molar-refractivity contribution in [1.82, 2.24) is 4.98 Å². The van der Waals surface area contributed by atoms with Crippen molar-refractivity contribution < 1.29 is 9.90 Å². The van der Waals surface area contributed by atoms with E-state index in [-0.39, 0.29) is 10.0 Å². The zero-order chi connectivity index (χ0) is 7.72. The summed E-state index contributed by atoms with van der Waals surface area (Å²) < 4.78 is 0.241. The van der Waals surface area contributed by atoms with Crippen LogP contribution in [0.25, 0.3) is 0 Å². The van der Waals surface area contributed by atoms with Crippen molar-refractivity contribution in [2.75, 3.05) is 0 Å². The van der Waals surface area contributed by atoms with Gasteiger partial charge in [-0.05, 0) is 6.92 Å². The lowest BCUT2D eigenvalue weighted by Crippen LogP contribution is -1.96. The average Bonchev–Trinajstić information content (AvgIpc) is 2.10. The summed E-state index contributed by atoms with van der Waals surface area (Å²) in [6.07, 6.45) is 0. The van der Waals surface area contributed by atoms with Crippen LogP contribution in [-0.4, -0.2) is 16.1 Å². The Balaban J connectivity index is 3.15. The third kappa shape index (κ3) is 1.27. The summed E-state index contributed by atoms with van der Waals surface area (Å²) in [7, 11) is 0. The van der Waals surface area contributed by atoms with E-state index >= 15 is 0 Å². The number of hydrogen-bond donors (Lipinski definition) is 1. The molecule has 5 heteroatoms. The number of thiazole rings is 1. The molecule has 0 spiro atoms. The first-order valence-corrected chi connectivity index (χ1v) is 3.67. The minimum absolute atomic E-state index is 0.0517. The summed E-state index contributed by atoms with van der Waals surface area (Å²) in [6, 6.07) is 0. The van der Waals surface area contributed by atoms with E-state index in [1.54, 1.807) is 6.92 Å². The minimum atomic E-state index is -1.07. The lowest BCUT2D eigenvalue weighted by atomic mass is 10.5. The highest BCUT2D eigenvalue weighted by Crippen LogP contribution is 2.23. The summed E-state index contributed by atoms with van der Waals surface area (Å²) in [6.45, 7) is 1.71. The molecule has 0 fully saturated rings. The Labute approximate surface area is 66.3 Å². The molecular weight excluding hydrogens is 174 g/mol. The van der Waals surface area contributed by atoms with Crippen LogP contribution in [0.5, 0.6) is 0 Å². The fourth-order valence-electron chi connectivity index (χ4n) is 0.534. The van der Waals surface area contributed by atoms with Crippen LogP contribution in [0.3, 0.4) is 0 Å². The van der Waals surface area contributed by atoms with Crippen LogP contribution in [-0.2, 0) is 0 Å². The van der Waals surface area contributed by atoms with Crippen LogP contribution in [0.1, 0.15) is 15.5 Å². The predicted octanol–water partition coefficient (Wildman–Crippen LogP) is 1.80. The molecule has 0 radical (unpaired) electrons. The van der Waals surface area contributed by atoms with Gasteiger partial charge >= 0.3 is 5.97 Å². The molecule has 0 aliphatic rings. The number of aromatic carboxylic acids is 1. The first-order valence-electron chi connectivity index (χ1n) is 2.47. The van der Waals surface area contributed by atoms with Crippen molar-refractivity contribution in [3.8, 4) is 0 Å². The van der Waals surface area contributed by atoms with E-state index in [0.29, 0.717) is 5.01 Å². The molecule has 0 aliphatic heterocycles. The Morgan fingerprint density at radius 2 is 2.40 bits per heavy atom. The zero-order valence-electron chi connectivity index (χ0n) is 5.09. The van der Waals surface area contributed by atoms with Gasteiger partial charge in [0.2, 0.25) is 0 Å². The molecule has 0 atom stereocenters. The van der Waals surface area contributed by atoms with Crippen LogP contribution >= 0.6 is 22.9 Å². The molecule has 0 amide bonds. The summed E-state index contributed by atoms with van der Waals surface area (Å²) in [5, 5.41) is 9.11. The first-order chi connectivity index (χ1) is 4.61. The van der Waals surface area contributed by atoms with Crippen molar-refractivity contribution in [3.05, 3.63) is 15.0 Å². The fraction of sp³-hybridized carbons (Fsp3) is 0.200. The van der Waals surface area contributed by atoms with E-state index in [9.17, 15) is 4.79 Å². The Hall–Kier alpha value is -0.610. The molecule has 0 aliphatic carbocycles. The highest BCUT2D eigenvalue weighted by atomic mass is 35.5. The molecule has 0 saturated carbocycles. The van der Waals surface area contributed by atoms with Gasteiger partial charge < -0.3 is 5.11 Å². The summed E-state index contributed by atoms with van der Waals surface area (Å²) >= 11 is 6.69. The molecule has 1 aromatic rings. The maximum Gasteiger partial charge on any atom is 0.356 e. The van der Waals surface area contributed by atoms with Gasteiger partial charge in [-0.3, -0.25) is 0 Å². The van der Waals surface area contributed by atoms with Gasteiger partial charge in [-0.2, -0.15) is 0 Å². The number of halogens is 1. The van der Waals surface area contributed by atoms with Crippen LogP contribution in [0.4, 0.5) is 0 Å². The third-order valence-electron chi connectivity index (χ3n) is 0.895. The first kappa shape index (κ1) is 7.50. The number of hydrogen-bond acceptors (Lipinski definition) is 3. The largest absolute Gasteiger partial charge is 0.476 e.